The molecule has 0 aliphatic heterocycles. The van der Waals surface area contributed by atoms with Crippen molar-refractivity contribution in [3.8, 4) is 5.75 Å². The average Bonchev–Trinajstić information content (AvgIpc) is 3.17. The van der Waals surface area contributed by atoms with Gasteiger partial charge in [0.25, 0.3) is 0 Å². The Labute approximate surface area is 207 Å². The van der Waals surface area contributed by atoms with Gasteiger partial charge in [-0.2, -0.15) is 0 Å². The Morgan fingerprint density at radius 2 is 1.76 bits per heavy atom. The van der Waals surface area contributed by atoms with E-state index in [0.29, 0.717) is 11.4 Å². The van der Waals surface area contributed by atoms with E-state index in [-0.39, 0.29) is 28.6 Å². The van der Waals surface area contributed by atoms with E-state index in [4.69, 9.17) is 37.4 Å². The summed E-state index contributed by atoms with van der Waals surface area (Å²) in [6, 6.07) is 11.0. The average molecular weight is 503 g/mol. The molecular weight excluding hydrogens is 479 g/mol. The van der Waals surface area contributed by atoms with E-state index in [1.165, 1.54) is 0 Å². The number of halogens is 2. The number of rotatable bonds is 8. The number of fused-ring (bicyclic) bond motifs is 3. The monoisotopic (exact) mass is 502 g/mol. The molecule has 6 nitrogen and oxygen atoms in total. The third kappa shape index (κ3) is 4.98. The molecule has 0 spiro atoms. The van der Waals surface area contributed by atoms with Crippen molar-refractivity contribution in [2.24, 2.45) is 5.41 Å². The first kappa shape index (κ1) is 24.3. The maximum Gasteiger partial charge on any atom is 0.344 e. The maximum atomic E-state index is 12.1. The first-order valence-corrected chi connectivity index (χ1v) is 11.8. The smallest absolute Gasteiger partial charge is 0.344 e. The van der Waals surface area contributed by atoms with Gasteiger partial charge < -0.3 is 14.2 Å². The lowest BCUT2D eigenvalue weighted by Gasteiger charge is -2.32. The van der Waals surface area contributed by atoms with Crippen molar-refractivity contribution in [1.82, 2.24) is 0 Å². The minimum Gasteiger partial charge on any atom is -0.480 e. The zero-order valence-corrected chi connectivity index (χ0v) is 20.2. The van der Waals surface area contributed by atoms with Crippen molar-refractivity contribution < 1.29 is 28.6 Å². The first-order valence-electron chi connectivity index (χ1n) is 11.1. The Morgan fingerprint density at radius 1 is 1.03 bits per heavy atom. The minimum absolute atomic E-state index is 0.0875. The van der Waals surface area contributed by atoms with E-state index >= 15 is 0 Å². The number of hydrogen-bond acceptors (Lipinski definition) is 6. The number of hydrogen-bond donors (Lipinski definition) is 0. The van der Waals surface area contributed by atoms with Gasteiger partial charge in [-0.25, -0.2) is 9.59 Å². The van der Waals surface area contributed by atoms with Gasteiger partial charge >= 0.3 is 11.9 Å². The highest BCUT2D eigenvalue weighted by Gasteiger charge is 2.44. The third-order valence-electron chi connectivity index (χ3n) is 6.40. The second-order valence-corrected chi connectivity index (χ2v) is 9.22. The molecule has 0 N–H and O–H groups in total. The van der Waals surface area contributed by atoms with Gasteiger partial charge in [-0.05, 0) is 48.1 Å². The van der Waals surface area contributed by atoms with Crippen molar-refractivity contribution >= 4 is 46.5 Å². The van der Waals surface area contributed by atoms with Gasteiger partial charge in [-0.3, -0.25) is 4.79 Å². The highest BCUT2D eigenvalue weighted by molar-refractivity contribution is 6.44. The molecule has 2 aliphatic carbocycles. The molecule has 0 aromatic heterocycles. The standard InChI is InChI=1S/C26H24Cl2O6/c1-2-26-9-8-18(29)11-19(26)23-17(12-26)10-20(24(27)25(23)28)32-14-21(30)34-15-22(31)33-13-16-6-4-3-5-7-16/h3-7,10-11H,2,8-9,12-15H2,1H3. The SMILES string of the molecule is CCC12CCC(=O)C=C1c1c(cc(OCC(=O)OCC(=O)OCc3ccccc3)c(Cl)c1Cl)C2. The van der Waals surface area contributed by atoms with E-state index in [2.05, 4.69) is 6.92 Å². The van der Waals surface area contributed by atoms with Gasteiger partial charge in [0.15, 0.2) is 19.0 Å². The molecule has 0 amide bonds. The fourth-order valence-corrected chi connectivity index (χ4v) is 5.07. The Kier molecular flexibility index (Phi) is 7.29. The van der Waals surface area contributed by atoms with E-state index in [1.807, 2.05) is 30.3 Å². The molecule has 4 rings (SSSR count). The summed E-state index contributed by atoms with van der Waals surface area (Å²) in [6.45, 7) is 1.23. The molecule has 0 saturated carbocycles. The number of ether oxygens (including phenoxy) is 3. The summed E-state index contributed by atoms with van der Waals surface area (Å²) in [5.74, 6) is -1.06. The minimum atomic E-state index is -0.739. The van der Waals surface area contributed by atoms with E-state index in [9.17, 15) is 14.4 Å². The quantitative estimate of drug-likeness (QED) is 0.452. The fourth-order valence-electron chi connectivity index (χ4n) is 4.55. The Morgan fingerprint density at radius 3 is 2.50 bits per heavy atom. The molecule has 1 atom stereocenters. The fraction of sp³-hybridized carbons (Fsp3) is 0.346. The van der Waals surface area contributed by atoms with Crippen LogP contribution in [0.3, 0.4) is 0 Å². The lowest BCUT2D eigenvalue weighted by Crippen LogP contribution is -2.24. The largest absolute Gasteiger partial charge is 0.480 e. The van der Waals surface area contributed by atoms with Crippen molar-refractivity contribution in [2.75, 3.05) is 13.2 Å². The van der Waals surface area contributed by atoms with Crippen LogP contribution in [0.25, 0.3) is 5.57 Å². The van der Waals surface area contributed by atoms with Crippen LogP contribution >= 0.6 is 23.2 Å². The van der Waals surface area contributed by atoms with Crippen molar-refractivity contribution in [1.29, 1.82) is 0 Å². The second-order valence-electron chi connectivity index (χ2n) is 8.47. The molecule has 0 fully saturated rings. The number of ketones is 1. The second kappa shape index (κ2) is 10.2. The van der Waals surface area contributed by atoms with Gasteiger partial charge in [0.2, 0.25) is 0 Å². The summed E-state index contributed by atoms with van der Waals surface area (Å²) in [5, 5.41) is 0.476. The summed E-state index contributed by atoms with van der Waals surface area (Å²) in [4.78, 5) is 36.0. The molecular formula is C26H24Cl2O6. The Hall–Kier alpha value is -2.83. The summed E-state index contributed by atoms with van der Waals surface area (Å²) in [7, 11) is 0. The van der Waals surface area contributed by atoms with Crippen LogP contribution in [-0.4, -0.2) is 30.9 Å². The molecule has 0 bridgehead atoms. The number of esters is 2. The van der Waals surface area contributed by atoms with E-state index < -0.39 is 25.2 Å². The van der Waals surface area contributed by atoms with E-state index in [1.54, 1.807) is 12.1 Å². The first-order chi connectivity index (χ1) is 16.3. The highest BCUT2D eigenvalue weighted by Crippen LogP contribution is 2.57. The molecule has 8 heteroatoms. The predicted molar refractivity (Wildman–Crippen MR) is 128 cm³/mol. The third-order valence-corrected chi connectivity index (χ3v) is 7.25. The summed E-state index contributed by atoms with van der Waals surface area (Å²) in [5.41, 5.74) is 3.36. The number of carbonyl (C=O) groups excluding carboxylic acids is 3. The van der Waals surface area contributed by atoms with Crippen LogP contribution in [0, 0.1) is 5.41 Å². The van der Waals surface area contributed by atoms with E-state index in [0.717, 1.165) is 41.5 Å². The molecule has 34 heavy (non-hydrogen) atoms. The molecule has 178 valence electrons. The normalized spacial score (nSPS) is 18.6. The van der Waals surface area contributed by atoms with Gasteiger partial charge in [-0.1, -0.05) is 60.5 Å². The lowest BCUT2D eigenvalue weighted by atomic mass is 9.71. The Balaban J connectivity index is 1.36. The topological polar surface area (TPSA) is 78.9 Å². The van der Waals surface area contributed by atoms with Crippen LogP contribution in [-0.2, 0) is 36.9 Å². The van der Waals surface area contributed by atoms with Crippen molar-refractivity contribution in [3.63, 3.8) is 0 Å². The van der Waals surface area contributed by atoms with Crippen LogP contribution in [0.5, 0.6) is 5.75 Å². The lowest BCUT2D eigenvalue weighted by molar-refractivity contribution is -0.160. The number of benzene rings is 2. The zero-order valence-electron chi connectivity index (χ0n) is 18.7. The molecule has 2 aromatic carbocycles. The zero-order chi connectivity index (χ0) is 24.3. The van der Waals surface area contributed by atoms with Crippen LogP contribution < -0.4 is 4.74 Å². The molecule has 0 saturated heterocycles. The van der Waals surface area contributed by atoms with Crippen LogP contribution in [0.15, 0.2) is 42.5 Å². The molecule has 1 unspecified atom stereocenters. The van der Waals surface area contributed by atoms with Crippen molar-refractivity contribution in [3.05, 3.63) is 69.2 Å². The predicted octanol–water partition coefficient (Wildman–Crippen LogP) is 5.36. The van der Waals surface area contributed by atoms with Gasteiger partial charge in [0.05, 0.1) is 5.02 Å². The van der Waals surface area contributed by atoms with Crippen LogP contribution in [0.2, 0.25) is 10.0 Å². The Bertz CT molecular complexity index is 1160. The summed E-state index contributed by atoms with van der Waals surface area (Å²) >= 11 is 13.0. The van der Waals surface area contributed by atoms with Crippen LogP contribution in [0.4, 0.5) is 0 Å². The van der Waals surface area contributed by atoms with Crippen molar-refractivity contribution in [2.45, 2.75) is 39.2 Å². The molecule has 2 aliphatic rings. The maximum absolute atomic E-state index is 12.1. The summed E-state index contributed by atoms with van der Waals surface area (Å²) < 4.78 is 15.6. The molecule has 0 radical (unpaired) electrons. The van der Waals surface area contributed by atoms with Gasteiger partial charge in [-0.15, -0.1) is 0 Å². The molecule has 0 heterocycles. The number of carbonyl (C=O) groups is 3. The van der Waals surface area contributed by atoms with Crippen LogP contribution in [0.1, 0.15) is 42.9 Å². The molecule has 2 aromatic rings. The van der Waals surface area contributed by atoms with Gasteiger partial charge in [0.1, 0.15) is 17.4 Å². The highest BCUT2D eigenvalue weighted by atomic mass is 35.5. The van der Waals surface area contributed by atoms with Gasteiger partial charge in [0, 0.05) is 17.4 Å². The summed E-state index contributed by atoms with van der Waals surface area (Å²) in [6.07, 6.45) is 4.57. The number of allylic oxidation sites excluding steroid dienone is 2.